The van der Waals surface area contributed by atoms with E-state index in [4.69, 9.17) is 14.6 Å². The molecule has 122 valence electrons. The largest absolute Gasteiger partial charge is 0.496 e. The summed E-state index contributed by atoms with van der Waals surface area (Å²) in [7, 11) is 1.47. The van der Waals surface area contributed by atoms with Crippen LogP contribution in [0.5, 0.6) is 17.2 Å². The fourth-order valence-electron chi connectivity index (χ4n) is 2.41. The highest BCUT2D eigenvalue weighted by Crippen LogP contribution is 2.32. The molecule has 0 aliphatic rings. The van der Waals surface area contributed by atoms with E-state index in [-0.39, 0.29) is 12.2 Å². The van der Waals surface area contributed by atoms with Crippen molar-refractivity contribution in [2.75, 3.05) is 7.11 Å². The van der Waals surface area contributed by atoms with E-state index in [2.05, 4.69) is 4.98 Å². The topological polar surface area (TPSA) is 68.7 Å². The first kappa shape index (κ1) is 15.7. The number of aliphatic carboxylic acids is 1. The standard InChI is InChI=1S/C18H14FNO4/c1-23-17-10-13(4-2-11(17)8-18(21)22)24-16-6-7-20-15-9-12(19)3-5-14(15)16/h2-7,9-10H,8H2,1H3,(H,21,22). The molecule has 3 aromatic rings. The Bertz CT molecular complexity index is 911. The molecule has 0 saturated carbocycles. The lowest BCUT2D eigenvalue weighted by molar-refractivity contribution is -0.136. The summed E-state index contributed by atoms with van der Waals surface area (Å²) in [6.45, 7) is 0. The summed E-state index contributed by atoms with van der Waals surface area (Å²) >= 11 is 0. The van der Waals surface area contributed by atoms with E-state index >= 15 is 0 Å². The van der Waals surface area contributed by atoms with Crippen LogP contribution in [0.15, 0.2) is 48.7 Å². The molecule has 0 aliphatic carbocycles. The minimum atomic E-state index is -0.941. The molecule has 0 amide bonds. The predicted octanol–water partition coefficient (Wildman–Crippen LogP) is 3.80. The number of halogens is 1. The number of pyridine rings is 1. The van der Waals surface area contributed by atoms with Gasteiger partial charge in [-0.15, -0.1) is 0 Å². The molecule has 5 nitrogen and oxygen atoms in total. The lowest BCUT2D eigenvalue weighted by Crippen LogP contribution is -2.02. The maximum absolute atomic E-state index is 13.3. The molecule has 0 radical (unpaired) electrons. The Balaban J connectivity index is 1.95. The van der Waals surface area contributed by atoms with Crippen molar-refractivity contribution in [2.24, 2.45) is 0 Å². The minimum Gasteiger partial charge on any atom is -0.496 e. The first-order chi connectivity index (χ1) is 11.6. The first-order valence-electron chi connectivity index (χ1n) is 7.17. The molecule has 0 aliphatic heterocycles. The van der Waals surface area contributed by atoms with Crippen molar-refractivity contribution in [1.29, 1.82) is 0 Å². The first-order valence-corrected chi connectivity index (χ1v) is 7.17. The third-order valence-corrected chi connectivity index (χ3v) is 3.49. The van der Waals surface area contributed by atoms with Gasteiger partial charge in [0.2, 0.25) is 0 Å². The van der Waals surface area contributed by atoms with Gasteiger partial charge in [-0.3, -0.25) is 9.78 Å². The number of ether oxygens (including phenoxy) is 2. The highest BCUT2D eigenvalue weighted by molar-refractivity contribution is 5.85. The van der Waals surface area contributed by atoms with Crippen LogP contribution >= 0.6 is 0 Å². The van der Waals surface area contributed by atoms with Gasteiger partial charge in [0, 0.05) is 29.3 Å². The third-order valence-electron chi connectivity index (χ3n) is 3.49. The van der Waals surface area contributed by atoms with Crippen LogP contribution in [0.1, 0.15) is 5.56 Å². The van der Waals surface area contributed by atoms with E-state index in [0.29, 0.717) is 33.7 Å². The summed E-state index contributed by atoms with van der Waals surface area (Å²) in [5.74, 6) is 0.126. The smallest absolute Gasteiger partial charge is 0.307 e. The van der Waals surface area contributed by atoms with E-state index in [9.17, 15) is 9.18 Å². The van der Waals surface area contributed by atoms with Gasteiger partial charge in [-0.1, -0.05) is 6.07 Å². The fraction of sp³-hybridized carbons (Fsp3) is 0.111. The normalized spacial score (nSPS) is 10.6. The van der Waals surface area contributed by atoms with E-state index in [0.717, 1.165) is 0 Å². The van der Waals surface area contributed by atoms with Gasteiger partial charge in [0.15, 0.2) is 0 Å². The second-order valence-electron chi connectivity index (χ2n) is 5.12. The molecular weight excluding hydrogens is 313 g/mol. The zero-order valence-electron chi connectivity index (χ0n) is 12.8. The van der Waals surface area contributed by atoms with Crippen LogP contribution in [0, 0.1) is 5.82 Å². The number of carboxylic acid groups (broad SMARTS) is 1. The van der Waals surface area contributed by atoms with Crippen LogP contribution in [-0.4, -0.2) is 23.2 Å². The number of carboxylic acids is 1. The molecule has 2 aromatic carbocycles. The number of aromatic nitrogens is 1. The summed E-state index contributed by atoms with van der Waals surface area (Å²) in [6.07, 6.45) is 1.40. The lowest BCUT2D eigenvalue weighted by Gasteiger charge is -2.12. The van der Waals surface area contributed by atoms with Gasteiger partial charge in [0.1, 0.15) is 23.1 Å². The average molecular weight is 327 g/mol. The number of carbonyl (C=O) groups is 1. The maximum Gasteiger partial charge on any atom is 0.307 e. The number of benzene rings is 2. The van der Waals surface area contributed by atoms with E-state index in [1.807, 2.05) is 0 Å². The summed E-state index contributed by atoms with van der Waals surface area (Å²) < 4.78 is 24.4. The molecule has 0 fully saturated rings. The van der Waals surface area contributed by atoms with Gasteiger partial charge < -0.3 is 14.6 Å². The maximum atomic E-state index is 13.3. The van der Waals surface area contributed by atoms with Crippen LogP contribution in [0.3, 0.4) is 0 Å². The van der Waals surface area contributed by atoms with E-state index in [1.165, 1.54) is 25.4 Å². The van der Waals surface area contributed by atoms with E-state index in [1.54, 1.807) is 30.3 Å². The molecule has 1 aromatic heterocycles. The SMILES string of the molecule is COc1cc(Oc2ccnc3cc(F)ccc23)ccc1CC(=O)O. The molecular formula is C18H14FNO4. The molecule has 0 saturated heterocycles. The summed E-state index contributed by atoms with van der Waals surface area (Å²) in [5, 5.41) is 9.58. The molecule has 1 heterocycles. The Morgan fingerprint density at radius 1 is 1.17 bits per heavy atom. The Labute approximate surface area is 137 Å². The number of methoxy groups -OCH3 is 1. The molecule has 6 heteroatoms. The minimum absolute atomic E-state index is 0.138. The fourth-order valence-corrected chi connectivity index (χ4v) is 2.41. The van der Waals surface area contributed by atoms with Gasteiger partial charge in [-0.2, -0.15) is 0 Å². The van der Waals surface area contributed by atoms with Crippen molar-refractivity contribution in [3.63, 3.8) is 0 Å². The van der Waals surface area contributed by atoms with Crippen LogP contribution in [-0.2, 0) is 11.2 Å². The third kappa shape index (κ3) is 3.27. The van der Waals surface area contributed by atoms with Crippen LogP contribution in [0.4, 0.5) is 4.39 Å². The molecule has 3 rings (SSSR count). The van der Waals surface area contributed by atoms with Gasteiger partial charge >= 0.3 is 5.97 Å². The highest BCUT2D eigenvalue weighted by atomic mass is 19.1. The number of hydrogen-bond acceptors (Lipinski definition) is 4. The average Bonchev–Trinajstić information content (AvgIpc) is 2.55. The second-order valence-corrected chi connectivity index (χ2v) is 5.12. The number of fused-ring (bicyclic) bond motifs is 1. The predicted molar refractivity (Wildman–Crippen MR) is 86.1 cm³/mol. The van der Waals surface area contributed by atoms with Gasteiger partial charge in [0.05, 0.1) is 19.0 Å². The molecule has 0 unspecified atom stereocenters. The number of rotatable bonds is 5. The lowest BCUT2D eigenvalue weighted by atomic mass is 10.1. The summed E-state index contributed by atoms with van der Waals surface area (Å²) in [5.41, 5.74) is 1.04. The number of nitrogens with zero attached hydrogens (tertiary/aromatic N) is 1. The Morgan fingerprint density at radius 2 is 2.00 bits per heavy atom. The van der Waals surface area contributed by atoms with Crippen molar-refractivity contribution in [2.45, 2.75) is 6.42 Å². The zero-order chi connectivity index (χ0) is 17.1. The molecule has 0 atom stereocenters. The van der Waals surface area contributed by atoms with Crippen molar-refractivity contribution < 1.29 is 23.8 Å². The van der Waals surface area contributed by atoms with Gasteiger partial charge in [0.25, 0.3) is 0 Å². The van der Waals surface area contributed by atoms with Crippen molar-refractivity contribution >= 4 is 16.9 Å². The summed E-state index contributed by atoms with van der Waals surface area (Å²) in [4.78, 5) is 15.0. The van der Waals surface area contributed by atoms with Crippen molar-refractivity contribution in [1.82, 2.24) is 4.98 Å². The van der Waals surface area contributed by atoms with Crippen molar-refractivity contribution in [3.8, 4) is 17.2 Å². The number of hydrogen-bond donors (Lipinski definition) is 1. The zero-order valence-corrected chi connectivity index (χ0v) is 12.8. The monoisotopic (exact) mass is 327 g/mol. The quantitative estimate of drug-likeness (QED) is 0.772. The molecule has 1 N–H and O–H groups in total. The van der Waals surface area contributed by atoms with Crippen LogP contribution in [0.2, 0.25) is 0 Å². The molecule has 24 heavy (non-hydrogen) atoms. The van der Waals surface area contributed by atoms with E-state index < -0.39 is 5.97 Å². The molecule has 0 bridgehead atoms. The molecule has 0 spiro atoms. The van der Waals surface area contributed by atoms with Crippen LogP contribution in [0.25, 0.3) is 10.9 Å². The highest BCUT2D eigenvalue weighted by Gasteiger charge is 2.11. The van der Waals surface area contributed by atoms with Gasteiger partial charge in [-0.25, -0.2) is 4.39 Å². The Hall–Kier alpha value is -3.15. The Kier molecular flexibility index (Phi) is 4.29. The second kappa shape index (κ2) is 6.54. The van der Waals surface area contributed by atoms with Crippen molar-refractivity contribution in [3.05, 3.63) is 60.0 Å². The summed E-state index contributed by atoms with van der Waals surface area (Å²) in [6, 6.07) is 10.9. The van der Waals surface area contributed by atoms with Crippen LogP contribution < -0.4 is 9.47 Å². The van der Waals surface area contributed by atoms with Gasteiger partial charge in [-0.05, 0) is 24.3 Å². The Morgan fingerprint density at radius 3 is 2.75 bits per heavy atom.